The first-order valence-corrected chi connectivity index (χ1v) is 9.55. The van der Waals surface area contributed by atoms with E-state index in [-0.39, 0.29) is 24.1 Å². The molecule has 3 amide bonds. The van der Waals surface area contributed by atoms with Crippen LogP contribution in [0.25, 0.3) is 0 Å². The topological polar surface area (TPSA) is 78.5 Å². The first-order chi connectivity index (χ1) is 13.5. The predicted octanol–water partition coefficient (Wildman–Crippen LogP) is 2.66. The van der Waals surface area contributed by atoms with Gasteiger partial charge in [0.05, 0.1) is 5.92 Å². The molecule has 0 radical (unpaired) electrons. The third-order valence-electron chi connectivity index (χ3n) is 5.22. The lowest BCUT2D eigenvalue weighted by Crippen LogP contribution is -2.36. The van der Waals surface area contributed by atoms with Gasteiger partial charge in [0.25, 0.3) is 5.91 Å². The van der Waals surface area contributed by atoms with Gasteiger partial charge in [0.2, 0.25) is 11.8 Å². The summed E-state index contributed by atoms with van der Waals surface area (Å²) in [4.78, 5) is 38.7. The van der Waals surface area contributed by atoms with Crippen molar-refractivity contribution in [2.24, 2.45) is 0 Å². The summed E-state index contributed by atoms with van der Waals surface area (Å²) in [7, 11) is 1.74. The van der Waals surface area contributed by atoms with Crippen LogP contribution in [-0.4, -0.2) is 35.7 Å². The summed E-state index contributed by atoms with van der Waals surface area (Å²) in [5.74, 6) is -0.754. The van der Waals surface area contributed by atoms with E-state index in [4.69, 9.17) is 0 Å². The van der Waals surface area contributed by atoms with Gasteiger partial charge in [0, 0.05) is 37.3 Å². The summed E-state index contributed by atoms with van der Waals surface area (Å²) < 4.78 is 0. The highest BCUT2D eigenvalue weighted by atomic mass is 16.2. The quantitative estimate of drug-likeness (QED) is 0.841. The molecule has 1 atom stereocenters. The van der Waals surface area contributed by atoms with Gasteiger partial charge in [-0.05, 0) is 42.2 Å². The molecule has 28 heavy (non-hydrogen) atoms. The Hall–Kier alpha value is -3.15. The number of likely N-dealkylation sites (N-methyl/N-ethyl adjacent to an activating group) is 1. The second-order valence-electron chi connectivity index (χ2n) is 7.53. The lowest BCUT2D eigenvalue weighted by molar-refractivity contribution is -0.134. The number of fused-ring (bicyclic) bond motifs is 1. The number of nitrogens with one attached hydrogen (secondary N) is 2. The summed E-state index contributed by atoms with van der Waals surface area (Å²) in [5.41, 5.74) is 3.12. The molecule has 2 aromatic carbocycles. The second-order valence-corrected chi connectivity index (χ2v) is 7.53. The predicted molar refractivity (Wildman–Crippen MR) is 106 cm³/mol. The zero-order valence-electron chi connectivity index (χ0n) is 15.8. The maximum atomic E-state index is 13.0. The molecule has 0 saturated heterocycles. The van der Waals surface area contributed by atoms with Gasteiger partial charge < -0.3 is 15.5 Å². The average Bonchev–Trinajstić information content (AvgIpc) is 3.51. The minimum absolute atomic E-state index is 0.0525. The molecule has 1 fully saturated rings. The molecule has 2 aromatic rings. The van der Waals surface area contributed by atoms with Crippen LogP contribution in [0, 0.1) is 0 Å². The van der Waals surface area contributed by atoms with Crippen molar-refractivity contribution in [3.8, 4) is 0 Å². The molecule has 1 saturated carbocycles. The summed E-state index contributed by atoms with van der Waals surface area (Å²) in [6, 6.07) is 15.1. The number of nitrogens with zero attached hydrogens (tertiary/aromatic N) is 1. The third kappa shape index (κ3) is 3.91. The van der Waals surface area contributed by atoms with Crippen LogP contribution >= 0.6 is 0 Å². The smallest absolute Gasteiger partial charge is 0.251 e. The number of hydrogen-bond donors (Lipinski definition) is 2. The first-order valence-electron chi connectivity index (χ1n) is 9.55. The molecule has 1 aliphatic carbocycles. The normalized spacial score (nSPS) is 18.0. The Morgan fingerprint density at radius 3 is 2.54 bits per heavy atom. The average molecular weight is 377 g/mol. The molecular weight excluding hydrogens is 354 g/mol. The van der Waals surface area contributed by atoms with Gasteiger partial charge in [-0.15, -0.1) is 0 Å². The van der Waals surface area contributed by atoms with Gasteiger partial charge in [-0.3, -0.25) is 14.4 Å². The van der Waals surface area contributed by atoms with Crippen LogP contribution in [0.2, 0.25) is 0 Å². The van der Waals surface area contributed by atoms with Crippen LogP contribution in [0.3, 0.4) is 0 Å². The molecule has 6 heteroatoms. The summed E-state index contributed by atoms with van der Waals surface area (Å²) in [6.45, 7) is 0.420. The van der Waals surface area contributed by atoms with Crippen molar-refractivity contribution in [1.29, 1.82) is 0 Å². The standard InChI is InChI=1S/C22H23N3O3/c1-25(13-14-6-8-15(9-7-14)21(27)23-16-10-11-16)22(28)18-12-20(26)24-19-5-3-2-4-17(18)19/h2-9,16,18H,10-13H2,1H3,(H,23,27)(H,24,26). The van der Waals surface area contributed by atoms with Crippen molar-refractivity contribution in [1.82, 2.24) is 10.2 Å². The van der Waals surface area contributed by atoms with E-state index < -0.39 is 5.92 Å². The van der Waals surface area contributed by atoms with Crippen molar-refractivity contribution in [3.63, 3.8) is 0 Å². The fourth-order valence-corrected chi connectivity index (χ4v) is 3.51. The zero-order valence-corrected chi connectivity index (χ0v) is 15.8. The van der Waals surface area contributed by atoms with E-state index >= 15 is 0 Å². The van der Waals surface area contributed by atoms with E-state index in [9.17, 15) is 14.4 Å². The van der Waals surface area contributed by atoms with Gasteiger partial charge in [0.1, 0.15) is 0 Å². The van der Waals surface area contributed by atoms with Crippen LogP contribution in [0.4, 0.5) is 5.69 Å². The largest absolute Gasteiger partial charge is 0.349 e. The highest BCUT2D eigenvalue weighted by Crippen LogP contribution is 2.33. The Balaban J connectivity index is 1.43. The second kappa shape index (κ2) is 7.46. The van der Waals surface area contributed by atoms with Crippen LogP contribution in [0.5, 0.6) is 0 Å². The van der Waals surface area contributed by atoms with Gasteiger partial charge in [0.15, 0.2) is 0 Å². The number of amides is 3. The number of anilines is 1. The molecule has 4 rings (SSSR count). The molecule has 6 nitrogen and oxygen atoms in total. The maximum absolute atomic E-state index is 13.0. The van der Waals surface area contributed by atoms with Crippen LogP contribution in [0.15, 0.2) is 48.5 Å². The fraction of sp³-hybridized carbons (Fsp3) is 0.318. The lowest BCUT2D eigenvalue weighted by Gasteiger charge is -2.28. The Morgan fingerprint density at radius 1 is 1.11 bits per heavy atom. The number of hydrogen-bond acceptors (Lipinski definition) is 3. The Labute approximate surface area is 163 Å². The Kier molecular flexibility index (Phi) is 4.86. The highest BCUT2D eigenvalue weighted by Gasteiger charge is 2.32. The van der Waals surface area contributed by atoms with E-state index in [0.29, 0.717) is 23.8 Å². The molecular formula is C22H23N3O3. The zero-order chi connectivity index (χ0) is 19.7. The maximum Gasteiger partial charge on any atom is 0.251 e. The molecule has 2 N–H and O–H groups in total. The number of para-hydroxylation sites is 1. The molecule has 0 bridgehead atoms. The third-order valence-corrected chi connectivity index (χ3v) is 5.22. The van der Waals surface area contributed by atoms with Crippen LogP contribution in [0.1, 0.15) is 46.7 Å². The van der Waals surface area contributed by atoms with Gasteiger partial charge in [-0.2, -0.15) is 0 Å². The van der Waals surface area contributed by atoms with Crippen LogP contribution < -0.4 is 10.6 Å². The Morgan fingerprint density at radius 2 is 1.82 bits per heavy atom. The molecule has 144 valence electrons. The van der Waals surface area contributed by atoms with Gasteiger partial charge in [-0.1, -0.05) is 30.3 Å². The van der Waals surface area contributed by atoms with E-state index in [1.165, 1.54) is 0 Å². The summed E-state index contributed by atoms with van der Waals surface area (Å²) in [6.07, 6.45) is 2.26. The van der Waals surface area contributed by atoms with Crippen molar-refractivity contribution >= 4 is 23.4 Å². The lowest BCUT2D eigenvalue weighted by atomic mass is 9.89. The minimum Gasteiger partial charge on any atom is -0.349 e. The van der Waals surface area contributed by atoms with Crippen molar-refractivity contribution in [2.75, 3.05) is 12.4 Å². The molecule has 1 heterocycles. The fourth-order valence-electron chi connectivity index (χ4n) is 3.51. The number of benzene rings is 2. The van der Waals surface area contributed by atoms with E-state index in [2.05, 4.69) is 10.6 Å². The van der Waals surface area contributed by atoms with E-state index in [1.54, 1.807) is 24.1 Å². The minimum atomic E-state index is -0.474. The van der Waals surface area contributed by atoms with Gasteiger partial charge >= 0.3 is 0 Å². The van der Waals surface area contributed by atoms with E-state index in [1.807, 2.05) is 36.4 Å². The molecule has 0 spiro atoms. The van der Waals surface area contributed by atoms with Crippen molar-refractivity contribution in [2.45, 2.75) is 37.8 Å². The SMILES string of the molecule is CN(Cc1ccc(C(=O)NC2CC2)cc1)C(=O)C1CC(=O)Nc2ccccc21. The number of carbonyl (C=O) groups is 3. The van der Waals surface area contributed by atoms with Crippen molar-refractivity contribution in [3.05, 3.63) is 65.2 Å². The summed E-state index contributed by atoms with van der Waals surface area (Å²) >= 11 is 0. The summed E-state index contributed by atoms with van der Waals surface area (Å²) in [5, 5.41) is 5.78. The van der Waals surface area contributed by atoms with Crippen LogP contribution in [-0.2, 0) is 16.1 Å². The molecule has 1 unspecified atom stereocenters. The first kappa shape index (κ1) is 18.2. The Bertz CT molecular complexity index is 919. The molecule has 2 aliphatic rings. The molecule has 1 aliphatic heterocycles. The highest BCUT2D eigenvalue weighted by molar-refractivity contribution is 6.01. The monoisotopic (exact) mass is 377 g/mol. The number of rotatable bonds is 5. The van der Waals surface area contributed by atoms with E-state index in [0.717, 1.165) is 24.0 Å². The number of carbonyl (C=O) groups excluding carboxylic acids is 3. The van der Waals surface area contributed by atoms with Gasteiger partial charge in [-0.25, -0.2) is 0 Å². The molecule has 0 aromatic heterocycles. The van der Waals surface area contributed by atoms with Crippen molar-refractivity contribution < 1.29 is 14.4 Å².